The van der Waals surface area contributed by atoms with Crippen LogP contribution < -0.4 is 4.74 Å². The molecule has 0 aliphatic rings. The van der Waals surface area contributed by atoms with E-state index in [0.29, 0.717) is 17.9 Å². The maximum atomic E-state index is 12.9. The zero-order valence-electron chi connectivity index (χ0n) is 14.2. The van der Waals surface area contributed by atoms with Crippen LogP contribution in [0.2, 0.25) is 0 Å². The van der Waals surface area contributed by atoms with E-state index in [-0.39, 0.29) is 5.56 Å². The van der Waals surface area contributed by atoms with Crippen molar-refractivity contribution in [1.29, 1.82) is 0 Å². The molecule has 0 bridgehead atoms. The number of carbonyl (C=O) groups excluding carboxylic acids is 2. The summed E-state index contributed by atoms with van der Waals surface area (Å²) in [4.78, 5) is 23.8. The zero-order valence-corrected chi connectivity index (χ0v) is 14.2. The molecule has 0 aromatic heterocycles. The van der Waals surface area contributed by atoms with Crippen molar-refractivity contribution < 1.29 is 23.5 Å². The van der Waals surface area contributed by atoms with Crippen molar-refractivity contribution in [2.45, 2.75) is 32.6 Å². The van der Waals surface area contributed by atoms with E-state index in [1.165, 1.54) is 36.4 Å². The third-order valence-electron chi connectivity index (χ3n) is 3.61. The van der Waals surface area contributed by atoms with Crippen molar-refractivity contribution >= 4 is 11.9 Å². The molecule has 0 saturated carbocycles. The average molecular weight is 344 g/mol. The van der Waals surface area contributed by atoms with Crippen molar-refractivity contribution in [2.75, 3.05) is 6.61 Å². The molecule has 0 unspecified atom stereocenters. The van der Waals surface area contributed by atoms with Gasteiger partial charge in [-0.05, 0) is 55.0 Å². The van der Waals surface area contributed by atoms with Gasteiger partial charge in [0.25, 0.3) is 0 Å². The fraction of sp³-hybridized carbons (Fsp3) is 0.300. The summed E-state index contributed by atoms with van der Waals surface area (Å²) in [7, 11) is 0. The number of unbranched alkanes of at least 4 members (excludes halogenated alkanes) is 3. The number of halogens is 1. The van der Waals surface area contributed by atoms with Gasteiger partial charge in [-0.15, -0.1) is 0 Å². The standard InChI is InChI=1S/C20H21FO4/c1-2-3-4-5-14-24-19(22)15-8-12-18(13-9-15)25-20(23)16-6-10-17(21)11-7-16/h6-13H,2-5,14H2,1H3. The van der Waals surface area contributed by atoms with E-state index in [2.05, 4.69) is 6.92 Å². The van der Waals surface area contributed by atoms with E-state index in [1.807, 2.05) is 0 Å². The fourth-order valence-electron chi connectivity index (χ4n) is 2.19. The lowest BCUT2D eigenvalue weighted by Gasteiger charge is -2.07. The summed E-state index contributed by atoms with van der Waals surface area (Å²) in [5, 5.41) is 0. The number of esters is 2. The lowest BCUT2D eigenvalue weighted by Crippen LogP contribution is -2.09. The molecule has 0 spiro atoms. The summed E-state index contributed by atoms with van der Waals surface area (Å²) in [6.07, 6.45) is 4.16. The molecule has 5 heteroatoms. The highest BCUT2D eigenvalue weighted by Gasteiger charge is 2.11. The Hall–Kier alpha value is -2.69. The Kier molecular flexibility index (Phi) is 7.14. The Morgan fingerprint density at radius 3 is 2.08 bits per heavy atom. The van der Waals surface area contributed by atoms with E-state index < -0.39 is 17.8 Å². The lowest BCUT2D eigenvalue weighted by molar-refractivity contribution is 0.0497. The van der Waals surface area contributed by atoms with Crippen LogP contribution >= 0.6 is 0 Å². The first kappa shape index (κ1) is 18.6. The molecule has 25 heavy (non-hydrogen) atoms. The molecule has 0 aliphatic heterocycles. The molecule has 0 saturated heterocycles. The molecule has 0 heterocycles. The highest BCUT2D eigenvalue weighted by atomic mass is 19.1. The molecule has 0 aliphatic carbocycles. The van der Waals surface area contributed by atoms with Crippen LogP contribution in [0.25, 0.3) is 0 Å². The van der Waals surface area contributed by atoms with E-state index in [4.69, 9.17) is 9.47 Å². The minimum Gasteiger partial charge on any atom is -0.462 e. The van der Waals surface area contributed by atoms with Gasteiger partial charge in [0.1, 0.15) is 11.6 Å². The van der Waals surface area contributed by atoms with Crippen LogP contribution in [0, 0.1) is 5.82 Å². The van der Waals surface area contributed by atoms with Gasteiger partial charge in [-0.2, -0.15) is 0 Å². The largest absolute Gasteiger partial charge is 0.462 e. The molecule has 0 radical (unpaired) electrons. The van der Waals surface area contributed by atoms with Gasteiger partial charge >= 0.3 is 11.9 Å². The third-order valence-corrected chi connectivity index (χ3v) is 3.61. The first-order valence-corrected chi connectivity index (χ1v) is 8.35. The predicted molar refractivity (Wildman–Crippen MR) is 92.2 cm³/mol. The van der Waals surface area contributed by atoms with Gasteiger partial charge in [0.2, 0.25) is 0 Å². The van der Waals surface area contributed by atoms with Crippen molar-refractivity contribution in [3.05, 3.63) is 65.5 Å². The molecular formula is C20H21FO4. The van der Waals surface area contributed by atoms with Gasteiger partial charge < -0.3 is 9.47 Å². The van der Waals surface area contributed by atoms with E-state index in [1.54, 1.807) is 12.1 Å². The van der Waals surface area contributed by atoms with Crippen LogP contribution in [-0.4, -0.2) is 18.5 Å². The number of hydrogen-bond acceptors (Lipinski definition) is 4. The highest BCUT2D eigenvalue weighted by Crippen LogP contribution is 2.15. The zero-order chi connectivity index (χ0) is 18.1. The maximum absolute atomic E-state index is 12.9. The van der Waals surface area contributed by atoms with Crippen molar-refractivity contribution in [3.8, 4) is 5.75 Å². The summed E-state index contributed by atoms with van der Waals surface area (Å²) >= 11 is 0. The lowest BCUT2D eigenvalue weighted by atomic mass is 10.2. The van der Waals surface area contributed by atoms with Crippen LogP contribution in [0.15, 0.2) is 48.5 Å². The molecule has 2 aromatic carbocycles. The predicted octanol–water partition coefficient (Wildman–Crippen LogP) is 4.78. The SMILES string of the molecule is CCCCCCOC(=O)c1ccc(OC(=O)c2ccc(F)cc2)cc1. The second-order valence-electron chi connectivity index (χ2n) is 5.62. The molecule has 132 valence electrons. The quantitative estimate of drug-likeness (QED) is 0.393. The second kappa shape index (κ2) is 9.57. The first-order valence-electron chi connectivity index (χ1n) is 8.35. The monoisotopic (exact) mass is 344 g/mol. The number of carbonyl (C=O) groups is 2. The number of benzene rings is 2. The van der Waals surface area contributed by atoms with Gasteiger partial charge in [0, 0.05) is 0 Å². The average Bonchev–Trinajstić information content (AvgIpc) is 2.62. The topological polar surface area (TPSA) is 52.6 Å². The highest BCUT2D eigenvalue weighted by molar-refractivity contribution is 5.92. The summed E-state index contributed by atoms with van der Waals surface area (Å²) in [6, 6.07) is 11.2. The minimum atomic E-state index is -0.591. The Bertz CT molecular complexity index is 693. The second-order valence-corrected chi connectivity index (χ2v) is 5.62. The molecule has 0 atom stereocenters. The molecule has 0 N–H and O–H groups in total. The van der Waals surface area contributed by atoms with E-state index >= 15 is 0 Å². The summed E-state index contributed by atoms with van der Waals surface area (Å²) in [6.45, 7) is 2.52. The Morgan fingerprint density at radius 2 is 1.44 bits per heavy atom. The summed E-state index contributed by atoms with van der Waals surface area (Å²) in [5.74, 6) is -1.11. The van der Waals surface area contributed by atoms with Crippen LogP contribution in [0.5, 0.6) is 5.75 Å². The smallest absolute Gasteiger partial charge is 0.343 e. The van der Waals surface area contributed by atoms with Crippen LogP contribution in [0.3, 0.4) is 0 Å². The maximum Gasteiger partial charge on any atom is 0.343 e. The fourth-order valence-corrected chi connectivity index (χ4v) is 2.19. The van der Waals surface area contributed by atoms with Gasteiger partial charge in [0.05, 0.1) is 17.7 Å². The van der Waals surface area contributed by atoms with Crippen LogP contribution in [0.1, 0.15) is 53.3 Å². The third kappa shape index (κ3) is 6.03. The minimum absolute atomic E-state index is 0.247. The Labute approximate surface area is 146 Å². The van der Waals surface area contributed by atoms with Crippen molar-refractivity contribution in [3.63, 3.8) is 0 Å². The van der Waals surface area contributed by atoms with Gasteiger partial charge in [-0.1, -0.05) is 26.2 Å². The van der Waals surface area contributed by atoms with Gasteiger partial charge in [0.15, 0.2) is 0 Å². The number of rotatable bonds is 8. The van der Waals surface area contributed by atoms with E-state index in [9.17, 15) is 14.0 Å². The number of ether oxygens (including phenoxy) is 2. The molecule has 0 fully saturated rings. The van der Waals surface area contributed by atoms with Crippen molar-refractivity contribution in [2.24, 2.45) is 0 Å². The number of hydrogen-bond donors (Lipinski definition) is 0. The summed E-state index contributed by atoms with van der Waals surface area (Å²) in [5.41, 5.74) is 0.647. The Morgan fingerprint density at radius 1 is 0.840 bits per heavy atom. The van der Waals surface area contributed by atoms with Crippen LogP contribution in [-0.2, 0) is 4.74 Å². The first-order chi connectivity index (χ1) is 12.1. The molecule has 2 aromatic rings. The molecule has 0 amide bonds. The van der Waals surface area contributed by atoms with Crippen LogP contribution in [0.4, 0.5) is 4.39 Å². The normalized spacial score (nSPS) is 10.3. The molecular weight excluding hydrogens is 323 g/mol. The van der Waals surface area contributed by atoms with Gasteiger partial charge in [-0.25, -0.2) is 14.0 Å². The summed E-state index contributed by atoms with van der Waals surface area (Å²) < 4.78 is 23.2. The molecule has 2 rings (SSSR count). The Balaban J connectivity index is 1.85. The van der Waals surface area contributed by atoms with Crippen molar-refractivity contribution in [1.82, 2.24) is 0 Å². The molecule has 4 nitrogen and oxygen atoms in total. The van der Waals surface area contributed by atoms with E-state index in [0.717, 1.165) is 25.7 Å². The van der Waals surface area contributed by atoms with Gasteiger partial charge in [-0.3, -0.25) is 0 Å².